The van der Waals surface area contributed by atoms with Gasteiger partial charge in [0, 0.05) is 34.9 Å². The molecule has 236 valence electrons. The molecule has 0 aromatic heterocycles. The minimum atomic E-state index is 0.229. The van der Waals surface area contributed by atoms with Crippen molar-refractivity contribution in [3.63, 3.8) is 0 Å². The lowest BCUT2D eigenvalue weighted by Crippen LogP contribution is -2.29. The summed E-state index contributed by atoms with van der Waals surface area (Å²) in [6.07, 6.45) is 35.9. The van der Waals surface area contributed by atoms with Gasteiger partial charge in [-0.05, 0) is 122 Å². The molecule has 6 rings (SSSR count). The summed E-state index contributed by atoms with van der Waals surface area (Å²) >= 11 is 0. The molecule has 2 atom stereocenters. The van der Waals surface area contributed by atoms with Crippen LogP contribution in [0.25, 0.3) is 5.57 Å². The van der Waals surface area contributed by atoms with Crippen LogP contribution in [0, 0.1) is 0 Å². The van der Waals surface area contributed by atoms with Crippen LogP contribution in [0.15, 0.2) is 180 Å². The maximum Gasteiger partial charge on any atom is 0.0629 e. The van der Waals surface area contributed by atoms with Crippen molar-refractivity contribution in [3.8, 4) is 0 Å². The van der Waals surface area contributed by atoms with Gasteiger partial charge in [0.15, 0.2) is 0 Å². The monoisotopic (exact) mass is 614 g/mol. The molecule has 4 aliphatic rings. The van der Waals surface area contributed by atoms with Crippen molar-refractivity contribution in [1.29, 1.82) is 0 Å². The van der Waals surface area contributed by atoms with Gasteiger partial charge in [0.05, 0.1) is 6.04 Å². The first-order chi connectivity index (χ1) is 22.9. The number of para-hydroxylation sites is 1. The van der Waals surface area contributed by atoms with E-state index in [0.29, 0.717) is 5.92 Å². The van der Waals surface area contributed by atoms with E-state index >= 15 is 0 Å². The van der Waals surface area contributed by atoms with E-state index in [2.05, 4.69) is 178 Å². The van der Waals surface area contributed by atoms with Crippen LogP contribution in [0.2, 0.25) is 0 Å². The number of hydrogen-bond acceptors (Lipinski definition) is 2. The Morgan fingerprint density at radius 2 is 1.74 bits per heavy atom. The van der Waals surface area contributed by atoms with Gasteiger partial charge in [0.25, 0.3) is 0 Å². The first-order valence-electron chi connectivity index (χ1n) is 16.8. The van der Waals surface area contributed by atoms with E-state index in [-0.39, 0.29) is 6.04 Å². The number of nitrogens with zero attached hydrogens (tertiary/aromatic N) is 2. The van der Waals surface area contributed by atoms with E-state index in [9.17, 15) is 0 Å². The van der Waals surface area contributed by atoms with Crippen LogP contribution >= 0.6 is 0 Å². The largest absolute Gasteiger partial charge is 0.333 e. The van der Waals surface area contributed by atoms with E-state index in [4.69, 9.17) is 0 Å². The molecular formula is C45H46N2. The summed E-state index contributed by atoms with van der Waals surface area (Å²) in [5.74, 6) is 0.328. The average Bonchev–Trinajstić information content (AvgIpc) is 3.43. The summed E-state index contributed by atoms with van der Waals surface area (Å²) < 4.78 is 0. The second kappa shape index (κ2) is 14.1. The lowest BCUT2D eigenvalue weighted by Gasteiger charge is -2.32. The van der Waals surface area contributed by atoms with Gasteiger partial charge in [-0.2, -0.15) is 0 Å². The molecule has 0 fully saturated rings. The fourth-order valence-corrected chi connectivity index (χ4v) is 6.99. The molecule has 2 aliphatic heterocycles. The minimum absolute atomic E-state index is 0.229. The van der Waals surface area contributed by atoms with Gasteiger partial charge in [-0.15, -0.1) is 0 Å². The standard InChI is InChI=1S/C45H46N2/c1-7-17-36(33(4)8-2)28-32(3)25-26-34(5)37-29-38(46-27-16-15-18-35(6)40-19-9-12-22-43(40)46)31-39(30-37)47-44-23-13-10-20-41(44)42-21-11-14-24-45(42)47/h7-8,10-18,20-27,29-31,41,44H,2,6,9,19,28H2,1,3-5H3/b17-7-,18-15-,27-16-,32-25-,34-26+,36-33+. The van der Waals surface area contributed by atoms with Gasteiger partial charge in [0.2, 0.25) is 0 Å². The summed E-state index contributed by atoms with van der Waals surface area (Å²) in [7, 11) is 0. The summed E-state index contributed by atoms with van der Waals surface area (Å²) in [6.45, 7) is 17.1. The third-order valence-electron chi connectivity index (χ3n) is 9.58. The molecule has 0 saturated carbocycles. The summed E-state index contributed by atoms with van der Waals surface area (Å²) in [6, 6.07) is 16.2. The Hall–Kier alpha value is -5.08. The van der Waals surface area contributed by atoms with E-state index < -0.39 is 0 Å². The number of allylic oxidation sites excluding steroid dienone is 18. The van der Waals surface area contributed by atoms with Crippen molar-refractivity contribution in [1.82, 2.24) is 0 Å². The fourth-order valence-electron chi connectivity index (χ4n) is 6.99. The van der Waals surface area contributed by atoms with Gasteiger partial charge in [-0.1, -0.05) is 110 Å². The summed E-state index contributed by atoms with van der Waals surface area (Å²) in [4.78, 5) is 4.88. The van der Waals surface area contributed by atoms with Gasteiger partial charge < -0.3 is 9.80 Å². The van der Waals surface area contributed by atoms with E-state index in [1.807, 2.05) is 6.08 Å². The van der Waals surface area contributed by atoms with Crippen molar-refractivity contribution >= 4 is 22.6 Å². The number of rotatable bonds is 8. The zero-order valence-electron chi connectivity index (χ0n) is 28.3. The van der Waals surface area contributed by atoms with Crippen LogP contribution in [0.3, 0.4) is 0 Å². The number of benzene rings is 2. The predicted octanol–water partition coefficient (Wildman–Crippen LogP) is 12.3. The SMILES string of the molecule is C=C/C(C)=C(\C=C/C)C/C(C)=C\C=C(/C)c1cc(N2/C=C\C=C/C(=C)C3=C2C=CCC3)cc(N2c3ccccc3C3C=CC=CC32)c1. The lowest BCUT2D eigenvalue weighted by molar-refractivity contribution is 0.744. The second-order valence-electron chi connectivity index (χ2n) is 12.8. The van der Waals surface area contributed by atoms with E-state index in [0.717, 1.165) is 30.5 Å². The molecule has 2 aromatic rings. The molecule has 2 aliphatic carbocycles. The van der Waals surface area contributed by atoms with Crippen LogP contribution in [0.1, 0.15) is 64.0 Å². The Bertz CT molecular complexity index is 1890. The molecular weight excluding hydrogens is 569 g/mol. The maximum atomic E-state index is 4.42. The third kappa shape index (κ3) is 6.60. The highest BCUT2D eigenvalue weighted by atomic mass is 15.2. The number of fused-ring (bicyclic) bond motifs is 3. The Morgan fingerprint density at radius 3 is 2.57 bits per heavy atom. The normalized spacial score (nSPS) is 22.5. The molecule has 2 heterocycles. The van der Waals surface area contributed by atoms with Crippen LogP contribution in [-0.2, 0) is 0 Å². The topological polar surface area (TPSA) is 6.48 Å². The zero-order chi connectivity index (χ0) is 32.9. The molecule has 0 spiro atoms. The smallest absolute Gasteiger partial charge is 0.0629 e. The van der Waals surface area contributed by atoms with Crippen molar-refractivity contribution < 1.29 is 0 Å². The minimum Gasteiger partial charge on any atom is -0.333 e. The Morgan fingerprint density at radius 1 is 0.936 bits per heavy atom. The second-order valence-corrected chi connectivity index (χ2v) is 12.8. The molecule has 0 saturated heterocycles. The van der Waals surface area contributed by atoms with Gasteiger partial charge >= 0.3 is 0 Å². The highest BCUT2D eigenvalue weighted by molar-refractivity contribution is 5.82. The summed E-state index contributed by atoms with van der Waals surface area (Å²) in [5.41, 5.74) is 14.8. The highest BCUT2D eigenvalue weighted by Gasteiger charge is 2.37. The van der Waals surface area contributed by atoms with Crippen LogP contribution < -0.4 is 9.80 Å². The van der Waals surface area contributed by atoms with Crippen molar-refractivity contribution in [2.45, 2.75) is 58.9 Å². The molecule has 0 radical (unpaired) electrons. The molecule has 2 nitrogen and oxygen atoms in total. The third-order valence-corrected chi connectivity index (χ3v) is 9.58. The summed E-state index contributed by atoms with van der Waals surface area (Å²) in [5, 5.41) is 0. The lowest BCUT2D eigenvalue weighted by atomic mass is 9.91. The number of anilines is 3. The Labute approximate surface area is 282 Å². The quantitative estimate of drug-likeness (QED) is 0.273. The molecule has 2 aromatic carbocycles. The molecule has 0 amide bonds. The first kappa shape index (κ1) is 31.9. The molecule has 2 heteroatoms. The first-order valence-corrected chi connectivity index (χ1v) is 16.8. The molecule has 0 N–H and O–H groups in total. The van der Waals surface area contributed by atoms with E-state index in [1.165, 1.54) is 56.1 Å². The van der Waals surface area contributed by atoms with Crippen LogP contribution in [-0.4, -0.2) is 6.04 Å². The van der Waals surface area contributed by atoms with Crippen LogP contribution in [0.4, 0.5) is 17.1 Å². The van der Waals surface area contributed by atoms with Crippen molar-refractivity contribution in [3.05, 3.63) is 192 Å². The van der Waals surface area contributed by atoms with Crippen molar-refractivity contribution in [2.24, 2.45) is 0 Å². The van der Waals surface area contributed by atoms with Crippen molar-refractivity contribution in [2.75, 3.05) is 9.80 Å². The molecule has 47 heavy (non-hydrogen) atoms. The molecule has 0 bridgehead atoms. The highest BCUT2D eigenvalue weighted by Crippen LogP contribution is 2.49. The van der Waals surface area contributed by atoms with Gasteiger partial charge in [-0.25, -0.2) is 0 Å². The number of hydrogen-bond donors (Lipinski definition) is 0. The fraction of sp³-hybridized carbons (Fsp3) is 0.200. The van der Waals surface area contributed by atoms with Crippen LogP contribution in [0.5, 0.6) is 0 Å². The predicted molar refractivity (Wildman–Crippen MR) is 205 cm³/mol. The van der Waals surface area contributed by atoms with E-state index in [1.54, 1.807) is 0 Å². The average molecular weight is 615 g/mol. The van der Waals surface area contributed by atoms with Gasteiger partial charge in [0.1, 0.15) is 0 Å². The Balaban J connectivity index is 1.48. The zero-order valence-corrected chi connectivity index (χ0v) is 28.3. The Kier molecular flexibility index (Phi) is 9.59. The van der Waals surface area contributed by atoms with Gasteiger partial charge in [-0.3, -0.25) is 0 Å². The maximum absolute atomic E-state index is 4.42. The molecule has 2 unspecified atom stereocenters.